The molecule has 0 bridgehead atoms. The van der Waals surface area contributed by atoms with E-state index in [1.807, 2.05) is 13.8 Å². The molecule has 7 nitrogen and oxygen atoms in total. The number of aromatic nitrogens is 6. The van der Waals surface area contributed by atoms with Gasteiger partial charge in [-0.2, -0.15) is 9.61 Å². The van der Waals surface area contributed by atoms with Crippen LogP contribution in [0.1, 0.15) is 22.7 Å². The summed E-state index contributed by atoms with van der Waals surface area (Å²) in [6, 6.07) is 0. The number of fused-ring (bicyclic) bond motifs is 1. The summed E-state index contributed by atoms with van der Waals surface area (Å²) < 4.78 is 2.75. The van der Waals surface area contributed by atoms with Crippen molar-refractivity contribution in [1.82, 2.24) is 30.0 Å². The molecule has 0 fully saturated rings. The van der Waals surface area contributed by atoms with Gasteiger partial charge in [-0.3, -0.25) is 0 Å². The molecule has 22 heavy (non-hydrogen) atoms. The van der Waals surface area contributed by atoms with Crippen LogP contribution in [0, 0.1) is 20.8 Å². The van der Waals surface area contributed by atoms with Crippen LogP contribution in [-0.2, 0) is 0 Å². The fraction of sp³-hybridized carbons (Fsp3) is 0.462. The molecular formula is C13H17N7S2. The number of nitrogens with one attached hydrogen (secondary N) is 1. The van der Waals surface area contributed by atoms with E-state index >= 15 is 0 Å². The number of nitrogens with zero attached hydrogens (tertiary/aromatic N) is 6. The zero-order valence-corrected chi connectivity index (χ0v) is 14.3. The van der Waals surface area contributed by atoms with Crippen LogP contribution in [0.5, 0.6) is 0 Å². The molecule has 3 aromatic heterocycles. The Bertz CT molecular complexity index is 780. The minimum absolute atomic E-state index is 0.774. The summed E-state index contributed by atoms with van der Waals surface area (Å²) in [6.07, 6.45) is 2.66. The lowest BCUT2D eigenvalue weighted by atomic mass is 10.2. The molecule has 0 amide bonds. The number of aryl methyl sites for hydroxylation is 2. The second-order valence-electron chi connectivity index (χ2n) is 4.90. The van der Waals surface area contributed by atoms with Gasteiger partial charge in [0.1, 0.15) is 11.3 Å². The summed E-state index contributed by atoms with van der Waals surface area (Å²) in [5, 5.41) is 25.1. The van der Waals surface area contributed by atoms with E-state index in [0.29, 0.717) is 0 Å². The van der Waals surface area contributed by atoms with E-state index in [1.165, 1.54) is 0 Å². The maximum atomic E-state index is 4.42. The molecule has 116 valence electrons. The summed E-state index contributed by atoms with van der Waals surface area (Å²) in [4.78, 5) is 0. The van der Waals surface area contributed by atoms with Gasteiger partial charge in [0.15, 0.2) is 4.34 Å². The highest BCUT2D eigenvalue weighted by molar-refractivity contribution is 8.01. The number of thioether (sulfide) groups is 1. The van der Waals surface area contributed by atoms with E-state index in [-0.39, 0.29) is 0 Å². The molecule has 0 spiro atoms. The van der Waals surface area contributed by atoms with Gasteiger partial charge in [0.25, 0.3) is 0 Å². The molecule has 0 aliphatic carbocycles. The zero-order valence-electron chi connectivity index (χ0n) is 12.7. The molecule has 1 N–H and O–H groups in total. The molecule has 3 rings (SSSR count). The quantitative estimate of drug-likeness (QED) is 0.547. The first-order chi connectivity index (χ1) is 10.6. The van der Waals surface area contributed by atoms with Crippen LogP contribution in [0.25, 0.3) is 5.65 Å². The minimum atomic E-state index is 0.774. The van der Waals surface area contributed by atoms with Gasteiger partial charge in [0, 0.05) is 12.3 Å². The second-order valence-corrected chi connectivity index (χ2v) is 7.42. The smallest absolute Gasteiger partial charge is 0.200 e. The highest BCUT2D eigenvalue weighted by atomic mass is 32.2. The third-order valence-electron chi connectivity index (χ3n) is 3.29. The van der Waals surface area contributed by atoms with Gasteiger partial charge in [-0.25, -0.2) is 0 Å². The van der Waals surface area contributed by atoms with Gasteiger partial charge < -0.3 is 5.32 Å². The first-order valence-electron chi connectivity index (χ1n) is 6.99. The van der Waals surface area contributed by atoms with Crippen molar-refractivity contribution in [2.45, 2.75) is 31.5 Å². The Morgan fingerprint density at radius 2 is 2.09 bits per heavy atom. The number of hydrogen-bond donors (Lipinski definition) is 1. The fourth-order valence-electron chi connectivity index (χ4n) is 2.05. The molecule has 0 atom stereocenters. The normalized spacial score (nSPS) is 11.2. The molecule has 0 aliphatic rings. The van der Waals surface area contributed by atoms with Crippen molar-refractivity contribution in [2.24, 2.45) is 0 Å². The van der Waals surface area contributed by atoms with Crippen molar-refractivity contribution < 1.29 is 0 Å². The second kappa shape index (κ2) is 6.57. The molecule has 3 heterocycles. The van der Waals surface area contributed by atoms with Crippen LogP contribution in [0.15, 0.2) is 10.7 Å². The Morgan fingerprint density at radius 1 is 1.23 bits per heavy atom. The van der Waals surface area contributed by atoms with E-state index in [9.17, 15) is 0 Å². The first kappa shape index (κ1) is 15.2. The van der Waals surface area contributed by atoms with Gasteiger partial charge in [-0.05, 0) is 32.8 Å². The molecule has 0 saturated heterocycles. The Labute approximate surface area is 136 Å². The largest absolute Gasteiger partial charge is 0.382 e. The van der Waals surface area contributed by atoms with Crippen LogP contribution in [-0.4, -0.2) is 42.3 Å². The molecule has 0 aliphatic heterocycles. The average Bonchev–Trinajstić information content (AvgIpc) is 3.11. The van der Waals surface area contributed by atoms with Crippen molar-refractivity contribution in [3.63, 3.8) is 0 Å². The standard InChI is InChI=1S/C13H17N7S2/c1-8-9(2)19-20-7-15-17-12(20)11(8)14-5-4-6-21-13-18-16-10(3)22-13/h7,14H,4-6H2,1-3H3. The van der Waals surface area contributed by atoms with Crippen LogP contribution < -0.4 is 5.32 Å². The van der Waals surface area contributed by atoms with Crippen molar-refractivity contribution in [1.29, 1.82) is 0 Å². The number of anilines is 1. The highest BCUT2D eigenvalue weighted by Gasteiger charge is 2.11. The van der Waals surface area contributed by atoms with Crippen LogP contribution in [0.4, 0.5) is 5.69 Å². The topological polar surface area (TPSA) is 80.9 Å². The van der Waals surface area contributed by atoms with Gasteiger partial charge in [-0.1, -0.05) is 23.1 Å². The van der Waals surface area contributed by atoms with Crippen molar-refractivity contribution in [3.8, 4) is 0 Å². The highest BCUT2D eigenvalue weighted by Crippen LogP contribution is 2.23. The fourth-order valence-corrected chi connectivity index (χ4v) is 3.87. The average molecular weight is 335 g/mol. The predicted octanol–water partition coefficient (Wildman–Crippen LogP) is 2.50. The zero-order chi connectivity index (χ0) is 15.5. The molecule has 9 heteroatoms. The third kappa shape index (κ3) is 3.20. The Morgan fingerprint density at radius 3 is 2.86 bits per heavy atom. The van der Waals surface area contributed by atoms with E-state index in [0.717, 1.165) is 50.7 Å². The van der Waals surface area contributed by atoms with Crippen LogP contribution >= 0.6 is 23.1 Å². The number of rotatable bonds is 6. The summed E-state index contributed by atoms with van der Waals surface area (Å²) >= 11 is 3.39. The molecule has 0 radical (unpaired) electrons. The van der Waals surface area contributed by atoms with Crippen molar-refractivity contribution in [2.75, 3.05) is 17.6 Å². The van der Waals surface area contributed by atoms with Crippen LogP contribution in [0.2, 0.25) is 0 Å². The van der Waals surface area contributed by atoms with E-state index < -0.39 is 0 Å². The Hall–Kier alpha value is -1.74. The third-order valence-corrected chi connectivity index (χ3v) is 5.34. The monoisotopic (exact) mass is 335 g/mol. The molecule has 0 unspecified atom stereocenters. The summed E-state index contributed by atoms with van der Waals surface area (Å²) in [7, 11) is 0. The summed E-state index contributed by atoms with van der Waals surface area (Å²) in [5.41, 5.74) is 3.89. The van der Waals surface area contributed by atoms with Crippen molar-refractivity contribution in [3.05, 3.63) is 22.6 Å². The molecule has 3 aromatic rings. The van der Waals surface area contributed by atoms with Gasteiger partial charge in [0.2, 0.25) is 5.65 Å². The maximum absolute atomic E-state index is 4.42. The number of hydrogen-bond acceptors (Lipinski definition) is 8. The van der Waals surface area contributed by atoms with Crippen LogP contribution in [0.3, 0.4) is 0 Å². The lowest BCUT2D eigenvalue weighted by Crippen LogP contribution is -2.09. The Balaban J connectivity index is 1.57. The van der Waals surface area contributed by atoms with Gasteiger partial charge in [-0.15, -0.1) is 20.4 Å². The van der Waals surface area contributed by atoms with Gasteiger partial charge in [0.05, 0.1) is 11.4 Å². The minimum Gasteiger partial charge on any atom is -0.382 e. The molecule has 0 aromatic carbocycles. The molecular weight excluding hydrogens is 318 g/mol. The summed E-state index contributed by atoms with van der Waals surface area (Å²) in [6.45, 7) is 6.89. The van der Waals surface area contributed by atoms with E-state index in [2.05, 4.69) is 37.7 Å². The van der Waals surface area contributed by atoms with E-state index in [4.69, 9.17) is 0 Å². The Kier molecular flexibility index (Phi) is 4.53. The van der Waals surface area contributed by atoms with Gasteiger partial charge >= 0.3 is 0 Å². The van der Waals surface area contributed by atoms with Crippen molar-refractivity contribution >= 4 is 34.4 Å². The maximum Gasteiger partial charge on any atom is 0.200 e. The lowest BCUT2D eigenvalue weighted by Gasteiger charge is -2.11. The first-order valence-corrected chi connectivity index (χ1v) is 8.79. The lowest BCUT2D eigenvalue weighted by molar-refractivity contribution is 0.879. The SMILES string of the molecule is Cc1nnc(SCCCNc2c(C)c(C)nn3cnnc23)s1. The predicted molar refractivity (Wildman–Crippen MR) is 88.7 cm³/mol. The molecule has 0 saturated carbocycles. The van der Waals surface area contributed by atoms with E-state index in [1.54, 1.807) is 33.9 Å². The summed E-state index contributed by atoms with van der Waals surface area (Å²) in [5.74, 6) is 1.01.